The quantitative estimate of drug-likeness (QED) is 0.469. The normalized spacial score (nSPS) is 17.6. The van der Waals surface area contributed by atoms with Crippen LogP contribution in [0.2, 0.25) is 0 Å². The molecule has 1 aromatic carbocycles. The zero-order chi connectivity index (χ0) is 25.2. The van der Waals surface area contributed by atoms with E-state index < -0.39 is 5.91 Å². The van der Waals surface area contributed by atoms with Crippen LogP contribution in [0.3, 0.4) is 0 Å². The van der Waals surface area contributed by atoms with Gasteiger partial charge in [0.1, 0.15) is 29.1 Å². The molecule has 3 heterocycles. The van der Waals surface area contributed by atoms with Gasteiger partial charge in [-0.25, -0.2) is 4.98 Å². The molecule has 36 heavy (non-hydrogen) atoms. The molecule has 0 radical (unpaired) electrons. The van der Waals surface area contributed by atoms with Gasteiger partial charge in [0, 0.05) is 25.2 Å². The van der Waals surface area contributed by atoms with Crippen molar-refractivity contribution in [3.05, 3.63) is 34.9 Å². The number of nitrogens with one attached hydrogen (secondary N) is 2. The second kappa shape index (κ2) is 10.1. The minimum atomic E-state index is -0.396. The molecule has 1 unspecified atom stereocenters. The molecule has 2 N–H and O–H groups in total. The third-order valence-corrected chi connectivity index (χ3v) is 7.45. The highest BCUT2D eigenvalue weighted by atomic mass is 32.1. The highest BCUT2D eigenvalue weighted by Gasteiger charge is 2.31. The van der Waals surface area contributed by atoms with Crippen LogP contribution in [-0.4, -0.2) is 59.7 Å². The number of amides is 2. The molecule has 2 fully saturated rings. The number of fused-ring (bicyclic) bond motifs is 1. The van der Waals surface area contributed by atoms with Crippen molar-refractivity contribution < 1.29 is 19.1 Å². The zero-order valence-corrected chi connectivity index (χ0v) is 21.0. The summed E-state index contributed by atoms with van der Waals surface area (Å²) >= 11 is 1.25. The average molecular weight is 513 g/mol. The van der Waals surface area contributed by atoms with Gasteiger partial charge in [0.15, 0.2) is 10.8 Å². The van der Waals surface area contributed by atoms with E-state index in [1.807, 2.05) is 0 Å². The highest BCUT2D eigenvalue weighted by Crippen LogP contribution is 2.31. The second-order valence-electron chi connectivity index (χ2n) is 9.01. The first-order valence-electron chi connectivity index (χ1n) is 11.9. The van der Waals surface area contributed by atoms with Crippen LogP contribution in [0, 0.1) is 5.92 Å². The van der Waals surface area contributed by atoms with E-state index in [2.05, 4.69) is 25.5 Å². The number of thiazole rings is 1. The van der Waals surface area contributed by atoms with Gasteiger partial charge in [-0.2, -0.15) is 4.98 Å². The summed E-state index contributed by atoms with van der Waals surface area (Å²) in [4.78, 5) is 49.2. The second-order valence-corrected chi connectivity index (χ2v) is 9.99. The van der Waals surface area contributed by atoms with Crippen LogP contribution in [0.4, 0.5) is 10.8 Å². The minimum Gasteiger partial charge on any atom is -0.497 e. The molecule has 0 bridgehead atoms. The van der Waals surface area contributed by atoms with Gasteiger partial charge in [-0.3, -0.25) is 19.0 Å². The van der Waals surface area contributed by atoms with Gasteiger partial charge in [-0.05, 0) is 37.8 Å². The fourth-order valence-electron chi connectivity index (χ4n) is 4.24. The molecule has 1 atom stereocenters. The van der Waals surface area contributed by atoms with Crippen molar-refractivity contribution in [2.75, 3.05) is 37.5 Å². The van der Waals surface area contributed by atoms with Gasteiger partial charge < -0.3 is 25.0 Å². The predicted molar refractivity (Wildman–Crippen MR) is 136 cm³/mol. The molecule has 2 amide bonds. The van der Waals surface area contributed by atoms with E-state index in [1.165, 1.54) is 29.3 Å². The molecule has 1 saturated heterocycles. The number of ether oxygens (including phenoxy) is 2. The first kappa shape index (κ1) is 24.0. The number of benzene rings is 1. The molecule has 11 nitrogen and oxygen atoms in total. The Morgan fingerprint density at radius 3 is 2.78 bits per heavy atom. The van der Waals surface area contributed by atoms with Crippen molar-refractivity contribution in [3.8, 4) is 11.5 Å². The Morgan fingerprint density at radius 2 is 2.03 bits per heavy atom. The molecular weight excluding hydrogens is 484 g/mol. The lowest BCUT2D eigenvalue weighted by Gasteiger charge is -2.31. The molecule has 2 aliphatic rings. The first-order valence-corrected chi connectivity index (χ1v) is 12.7. The SMILES string of the molecule is COc1ccc(NC(=O)Cn2cnc3nc(N4CCCC(C(=O)NC5CC5)C4)sc3c2=O)c(OC)c1. The van der Waals surface area contributed by atoms with Gasteiger partial charge in [0.05, 0.1) is 25.8 Å². The lowest BCUT2D eigenvalue weighted by atomic mass is 9.97. The van der Waals surface area contributed by atoms with Crippen LogP contribution >= 0.6 is 11.3 Å². The topological polar surface area (TPSA) is 128 Å². The summed E-state index contributed by atoms with van der Waals surface area (Å²) in [5.74, 6) is 0.659. The Morgan fingerprint density at radius 1 is 1.19 bits per heavy atom. The number of hydrogen-bond donors (Lipinski definition) is 2. The number of hydrogen-bond acceptors (Lipinski definition) is 9. The fraction of sp³-hybridized carbons (Fsp3) is 0.458. The standard InChI is InChI=1S/C24H28N6O5S/c1-34-16-7-8-17(18(10-16)35-2)27-19(31)12-30-13-25-21-20(23(30)33)36-24(28-21)29-9-3-4-14(11-29)22(32)26-15-5-6-15/h7-8,10,13-15H,3-6,9,11-12H2,1-2H3,(H,26,32)(H,27,31). The van der Waals surface area contributed by atoms with Gasteiger partial charge in [0.25, 0.3) is 5.56 Å². The van der Waals surface area contributed by atoms with E-state index in [0.29, 0.717) is 45.3 Å². The molecule has 1 aliphatic heterocycles. The average Bonchev–Trinajstić information content (AvgIpc) is 3.60. The Hall–Kier alpha value is -3.67. The molecule has 1 saturated carbocycles. The van der Waals surface area contributed by atoms with Crippen LogP contribution in [0.15, 0.2) is 29.3 Å². The van der Waals surface area contributed by atoms with E-state index in [0.717, 1.165) is 32.2 Å². The summed E-state index contributed by atoms with van der Waals surface area (Å²) in [5.41, 5.74) is 0.481. The fourth-order valence-corrected chi connectivity index (χ4v) is 5.24. The molecule has 5 rings (SSSR count). The molecule has 12 heteroatoms. The highest BCUT2D eigenvalue weighted by molar-refractivity contribution is 7.22. The number of rotatable bonds is 8. The number of carbonyl (C=O) groups excluding carboxylic acids is 2. The van der Waals surface area contributed by atoms with Crippen LogP contribution in [0.5, 0.6) is 11.5 Å². The van der Waals surface area contributed by atoms with E-state index in [4.69, 9.17) is 9.47 Å². The lowest BCUT2D eigenvalue weighted by Crippen LogP contribution is -2.43. The summed E-state index contributed by atoms with van der Waals surface area (Å²) in [6.07, 6.45) is 5.18. The maximum absolute atomic E-state index is 13.1. The van der Waals surface area contributed by atoms with Crippen molar-refractivity contribution in [1.82, 2.24) is 19.9 Å². The Labute approximate surface area is 211 Å². The van der Waals surface area contributed by atoms with Gasteiger partial charge >= 0.3 is 0 Å². The van der Waals surface area contributed by atoms with Crippen molar-refractivity contribution in [2.45, 2.75) is 38.3 Å². The summed E-state index contributed by atoms with van der Waals surface area (Å²) in [5, 5.41) is 6.52. The maximum atomic E-state index is 13.1. The first-order chi connectivity index (χ1) is 17.4. The van der Waals surface area contributed by atoms with E-state index in [1.54, 1.807) is 25.3 Å². The Bertz CT molecular complexity index is 1350. The maximum Gasteiger partial charge on any atom is 0.273 e. The molecule has 0 spiro atoms. The monoisotopic (exact) mass is 512 g/mol. The van der Waals surface area contributed by atoms with Crippen LogP contribution < -0.4 is 30.6 Å². The zero-order valence-electron chi connectivity index (χ0n) is 20.2. The number of methoxy groups -OCH3 is 2. The van der Waals surface area contributed by atoms with E-state index in [-0.39, 0.29) is 23.9 Å². The van der Waals surface area contributed by atoms with Gasteiger partial charge in [-0.1, -0.05) is 11.3 Å². The van der Waals surface area contributed by atoms with Crippen molar-refractivity contribution >= 4 is 44.3 Å². The van der Waals surface area contributed by atoms with Crippen molar-refractivity contribution in [3.63, 3.8) is 0 Å². The number of piperidine rings is 1. The summed E-state index contributed by atoms with van der Waals surface area (Å²) in [7, 11) is 3.04. The van der Waals surface area contributed by atoms with E-state index >= 15 is 0 Å². The third kappa shape index (κ3) is 5.13. The summed E-state index contributed by atoms with van der Waals surface area (Å²) in [6, 6.07) is 5.37. The largest absolute Gasteiger partial charge is 0.497 e. The molecular formula is C24H28N6O5S. The lowest BCUT2D eigenvalue weighted by molar-refractivity contribution is -0.125. The van der Waals surface area contributed by atoms with Crippen LogP contribution in [0.25, 0.3) is 10.3 Å². The number of anilines is 2. The smallest absolute Gasteiger partial charge is 0.273 e. The van der Waals surface area contributed by atoms with Gasteiger partial charge in [0.2, 0.25) is 11.8 Å². The van der Waals surface area contributed by atoms with Crippen LogP contribution in [-0.2, 0) is 16.1 Å². The molecule has 3 aromatic rings. The molecule has 190 valence electrons. The Kier molecular flexibility index (Phi) is 6.77. The number of carbonyl (C=O) groups is 2. The third-order valence-electron chi connectivity index (χ3n) is 6.36. The summed E-state index contributed by atoms with van der Waals surface area (Å²) in [6.45, 7) is 1.13. The minimum absolute atomic E-state index is 0.0883. The number of aromatic nitrogens is 3. The number of nitrogens with zero attached hydrogens (tertiary/aromatic N) is 4. The van der Waals surface area contributed by atoms with Crippen molar-refractivity contribution in [2.24, 2.45) is 5.92 Å². The van der Waals surface area contributed by atoms with Gasteiger partial charge in [-0.15, -0.1) is 0 Å². The molecule has 1 aliphatic carbocycles. The predicted octanol–water partition coefficient (Wildman–Crippen LogP) is 2.00. The van der Waals surface area contributed by atoms with E-state index in [9.17, 15) is 14.4 Å². The van der Waals surface area contributed by atoms with Crippen molar-refractivity contribution in [1.29, 1.82) is 0 Å². The molecule has 2 aromatic heterocycles. The van der Waals surface area contributed by atoms with Crippen LogP contribution in [0.1, 0.15) is 25.7 Å². The Balaban J connectivity index is 1.29. The summed E-state index contributed by atoms with van der Waals surface area (Å²) < 4.78 is 12.1.